The van der Waals surface area contributed by atoms with Crippen LogP contribution in [0.3, 0.4) is 0 Å². The smallest absolute Gasteiger partial charge is 0.267 e. The van der Waals surface area contributed by atoms with E-state index in [1.165, 1.54) is 4.90 Å². The molecule has 6 heteroatoms. The number of hydrogen-bond acceptors (Lipinski definition) is 5. The lowest BCUT2D eigenvalue weighted by Crippen LogP contribution is -2.30. The van der Waals surface area contributed by atoms with Gasteiger partial charge in [0.1, 0.15) is 11.4 Å². The van der Waals surface area contributed by atoms with E-state index < -0.39 is 0 Å². The number of amides is 1. The molecule has 2 rings (SSSR count). The summed E-state index contributed by atoms with van der Waals surface area (Å²) in [7, 11) is 0. The average Bonchev–Trinajstić information content (AvgIpc) is 2.77. The molecule has 1 amide bonds. The van der Waals surface area contributed by atoms with Crippen LogP contribution in [-0.2, 0) is 6.54 Å². The standard InChI is InChI=1S/C14H14N4OS/c1-10-12(20-14(16)17-10)13(19)18(8-7-15)9-11-5-3-2-4-6-11/h2-6H,8-9H2,1H3,(H2,16,17). The van der Waals surface area contributed by atoms with Crippen LogP contribution in [0, 0.1) is 18.3 Å². The number of hydrogen-bond donors (Lipinski definition) is 1. The van der Waals surface area contributed by atoms with E-state index in [4.69, 9.17) is 11.0 Å². The Kier molecular flexibility index (Phi) is 4.33. The van der Waals surface area contributed by atoms with E-state index in [1.54, 1.807) is 6.92 Å². The molecule has 0 aliphatic carbocycles. The topological polar surface area (TPSA) is 83.0 Å². The van der Waals surface area contributed by atoms with Crippen LogP contribution in [-0.4, -0.2) is 22.3 Å². The second-order valence-corrected chi connectivity index (χ2v) is 5.30. The minimum absolute atomic E-state index is 0.0327. The van der Waals surface area contributed by atoms with Gasteiger partial charge in [0, 0.05) is 6.54 Å². The Labute approximate surface area is 121 Å². The van der Waals surface area contributed by atoms with E-state index in [9.17, 15) is 4.79 Å². The van der Waals surface area contributed by atoms with Crippen molar-refractivity contribution in [3.8, 4) is 6.07 Å². The van der Waals surface area contributed by atoms with E-state index in [1.807, 2.05) is 36.4 Å². The molecule has 0 aliphatic heterocycles. The summed E-state index contributed by atoms with van der Waals surface area (Å²) in [6.07, 6.45) is 0. The zero-order valence-corrected chi connectivity index (χ0v) is 11.9. The summed E-state index contributed by atoms with van der Waals surface area (Å²) in [5, 5.41) is 9.27. The number of anilines is 1. The molecule has 1 aromatic heterocycles. The first-order valence-corrected chi connectivity index (χ1v) is 6.86. The highest BCUT2D eigenvalue weighted by atomic mass is 32.1. The average molecular weight is 286 g/mol. The van der Waals surface area contributed by atoms with Crippen LogP contribution < -0.4 is 5.73 Å². The molecule has 0 radical (unpaired) electrons. The maximum Gasteiger partial charge on any atom is 0.267 e. The molecule has 2 aromatic rings. The molecule has 0 unspecified atom stereocenters. The number of aryl methyl sites for hydroxylation is 1. The number of nitrogen functional groups attached to an aromatic ring is 1. The van der Waals surface area contributed by atoms with E-state index in [0.29, 0.717) is 22.2 Å². The zero-order valence-electron chi connectivity index (χ0n) is 11.0. The summed E-state index contributed by atoms with van der Waals surface area (Å²) < 4.78 is 0. The van der Waals surface area contributed by atoms with Crippen LogP contribution in [0.15, 0.2) is 30.3 Å². The number of carbonyl (C=O) groups excluding carboxylic acids is 1. The number of nitriles is 1. The molecule has 0 saturated carbocycles. The lowest BCUT2D eigenvalue weighted by atomic mass is 10.2. The monoisotopic (exact) mass is 286 g/mol. The molecule has 20 heavy (non-hydrogen) atoms. The van der Waals surface area contributed by atoms with Crippen LogP contribution in [0.25, 0.3) is 0 Å². The third-order valence-corrected chi connectivity index (χ3v) is 3.75. The van der Waals surface area contributed by atoms with Gasteiger partial charge in [-0.3, -0.25) is 4.79 Å². The summed E-state index contributed by atoms with van der Waals surface area (Å²) in [6.45, 7) is 2.17. The van der Waals surface area contributed by atoms with Gasteiger partial charge in [0.25, 0.3) is 5.91 Å². The lowest BCUT2D eigenvalue weighted by Gasteiger charge is -2.19. The molecule has 102 valence electrons. The van der Waals surface area contributed by atoms with E-state index in [-0.39, 0.29) is 12.5 Å². The molecular formula is C14H14N4OS. The highest BCUT2D eigenvalue weighted by molar-refractivity contribution is 7.17. The Hall–Kier alpha value is -2.39. The van der Waals surface area contributed by atoms with Crippen molar-refractivity contribution in [3.05, 3.63) is 46.5 Å². The first kappa shape index (κ1) is 14.0. The molecule has 2 N–H and O–H groups in total. The summed E-state index contributed by atoms with van der Waals surface area (Å²) >= 11 is 1.15. The summed E-state index contributed by atoms with van der Waals surface area (Å²) in [6, 6.07) is 11.6. The SMILES string of the molecule is Cc1nc(N)sc1C(=O)N(CC#N)Cc1ccccc1. The van der Waals surface area contributed by atoms with Gasteiger partial charge in [0.2, 0.25) is 0 Å². The predicted molar refractivity (Wildman–Crippen MR) is 78.1 cm³/mol. The van der Waals surface area contributed by atoms with Crippen molar-refractivity contribution in [3.63, 3.8) is 0 Å². The zero-order chi connectivity index (χ0) is 14.5. The maximum absolute atomic E-state index is 12.5. The van der Waals surface area contributed by atoms with Gasteiger partial charge in [-0.15, -0.1) is 0 Å². The minimum atomic E-state index is -0.206. The Morgan fingerprint density at radius 1 is 1.45 bits per heavy atom. The number of carbonyl (C=O) groups is 1. The molecule has 0 saturated heterocycles. The Bertz CT molecular complexity index is 645. The van der Waals surface area contributed by atoms with Gasteiger partial charge in [0.05, 0.1) is 11.8 Å². The van der Waals surface area contributed by atoms with Crippen LogP contribution in [0.5, 0.6) is 0 Å². The van der Waals surface area contributed by atoms with Gasteiger partial charge in [-0.05, 0) is 12.5 Å². The van der Waals surface area contributed by atoms with Gasteiger partial charge in [0.15, 0.2) is 5.13 Å². The highest BCUT2D eigenvalue weighted by Crippen LogP contribution is 2.22. The second-order valence-electron chi connectivity index (χ2n) is 4.27. The highest BCUT2D eigenvalue weighted by Gasteiger charge is 2.21. The van der Waals surface area contributed by atoms with Crippen molar-refractivity contribution in [2.45, 2.75) is 13.5 Å². The lowest BCUT2D eigenvalue weighted by molar-refractivity contribution is 0.0769. The molecule has 1 aromatic carbocycles. The predicted octanol–water partition coefficient (Wildman–Crippen LogP) is 2.20. The number of nitrogens with zero attached hydrogens (tertiary/aromatic N) is 3. The van der Waals surface area contributed by atoms with Gasteiger partial charge < -0.3 is 10.6 Å². The van der Waals surface area contributed by atoms with Crippen molar-refractivity contribution in [2.24, 2.45) is 0 Å². The first-order valence-electron chi connectivity index (χ1n) is 6.05. The van der Waals surface area contributed by atoms with Gasteiger partial charge in [-0.2, -0.15) is 5.26 Å². The van der Waals surface area contributed by atoms with Crippen molar-refractivity contribution < 1.29 is 4.79 Å². The Morgan fingerprint density at radius 2 is 2.15 bits per heavy atom. The number of rotatable bonds is 4. The van der Waals surface area contributed by atoms with Gasteiger partial charge in [-0.1, -0.05) is 41.7 Å². The van der Waals surface area contributed by atoms with Gasteiger partial charge >= 0.3 is 0 Å². The fourth-order valence-corrected chi connectivity index (χ4v) is 2.65. The fourth-order valence-electron chi connectivity index (χ4n) is 1.85. The van der Waals surface area contributed by atoms with Crippen LogP contribution >= 0.6 is 11.3 Å². The third-order valence-electron chi connectivity index (χ3n) is 2.77. The molecule has 1 heterocycles. The summed E-state index contributed by atoms with van der Waals surface area (Å²) in [5.41, 5.74) is 7.20. The number of benzene rings is 1. The second kappa shape index (κ2) is 6.17. The number of thiazole rings is 1. The molecule has 0 fully saturated rings. The van der Waals surface area contributed by atoms with Crippen LogP contribution in [0.1, 0.15) is 20.9 Å². The van der Waals surface area contributed by atoms with Crippen molar-refractivity contribution >= 4 is 22.4 Å². The first-order chi connectivity index (χ1) is 9.61. The number of aromatic nitrogens is 1. The summed E-state index contributed by atoms with van der Waals surface area (Å²) in [5.74, 6) is -0.206. The van der Waals surface area contributed by atoms with Crippen molar-refractivity contribution in [2.75, 3.05) is 12.3 Å². The molecule has 0 atom stereocenters. The Morgan fingerprint density at radius 3 is 2.70 bits per heavy atom. The minimum Gasteiger partial charge on any atom is -0.375 e. The van der Waals surface area contributed by atoms with Crippen molar-refractivity contribution in [1.82, 2.24) is 9.88 Å². The summed E-state index contributed by atoms with van der Waals surface area (Å²) in [4.78, 5) is 18.5. The van der Waals surface area contributed by atoms with Crippen LogP contribution in [0.2, 0.25) is 0 Å². The molecular weight excluding hydrogens is 272 g/mol. The van der Waals surface area contributed by atoms with E-state index >= 15 is 0 Å². The van der Waals surface area contributed by atoms with Gasteiger partial charge in [-0.25, -0.2) is 4.98 Å². The van der Waals surface area contributed by atoms with E-state index in [2.05, 4.69) is 4.98 Å². The largest absolute Gasteiger partial charge is 0.375 e. The molecule has 5 nitrogen and oxygen atoms in total. The molecule has 0 spiro atoms. The molecule has 0 bridgehead atoms. The van der Waals surface area contributed by atoms with Crippen LogP contribution in [0.4, 0.5) is 5.13 Å². The quantitative estimate of drug-likeness (QED) is 0.873. The van der Waals surface area contributed by atoms with E-state index in [0.717, 1.165) is 16.9 Å². The number of nitrogens with two attached hydrogens (primary N) is 1. The fraction of sp³-hybridized carbons (Fsp3) is 0.214. The maximum atomic E-state index is 12.5. The molecule has 0 aliphatic rings. The Balaban J connectivity index is 2.23. The third kappa shape index (κ3) is 3.13. The van der Waals surface area contributed by atoms with Crippen molar-refractivity contribution in [1.29, 1.82) is 5.26 Å². The normalized spacial score (nSPS) is 10.0.